The first-order valence-electron chi connectivity index (χ1n) is 5.93. The maximum atomic E-state index is 9.85. The molecule has 0 spiro atoms. The fourth-order valence-corrected chi connectivity index (χ4v) is 1.62. The molecule has 1 aromatic heterocycles. The molecule has 0 bridgehead atoms. The van der Waals surface area contributed by atoms with Crippen LogP contribution in [0.4, 0.5) is 0 Å². The highest BCUT2D eigenvalue weighted by molar-refractivity contribution is 5.16. The van der Waals surface area contributed by atoms with Crippen LogP contribution >= 0.6 is 0 Å². The molecule has 1 aromatic rings. The molecule has 1 atom stereocenters. The monoisotopic (exact) mass is 225 g/mol. The van der Waals surface area contributed by atoms with E-state index in [1.807, 2.05) is 31.8 Å². The highest BCUT2D eigenvalue weighted by Crippen LogP contribution is 2.09. The summed E-state index contributed by atoms with van der Waals surface area (Å²) in [5.41, 5.74) is 1.73. The number of nitrogens with one attached hydrogen (secondary N) is 1. The molecule has 4 heteroatoms. The second-order valence-corrected chi connectivity index (χ2v) is 4.58. The Hall–Kier alpha value is -0.870. The van der Waals surface area contributed by atoms with Crippen LogP contribution in [0.15, 0.2) is 6.20 Å². The average molecular weight is 225 g/mol. The van der Waals surface area contributed by atoms with E-state index in [1.165, 1.54) is 5.56 Å². The van der Waals surface area contributed by atoms with Crippen LogP contribution in [-0.4, -0.2) is 27.0 Å². The van der Waals surface area contributed by atoms with E-state index in [1.54, 1.807) is 0 Å². The molecule has 0 aliphatic heterocycles. The number of hydrogen-bond donors (Lipinski definition) is 2. The molecule has 0 fully saturated rings. The third-order valence-electron chi connectivity index (χ3n) is 2.91. The number of hydrogen-bond acceptors (Lipinski definition) is 3. The Balaban J connectivity index is 2.48. The lowest BCUT2D eigenvalue weighted by atomic mass is 10.0. The Morgan fingerprint density at radius 3 is 2.75 bits per heavy atom. The summed E-state index contributed by atoms with van der Waals surface area (Å²) in [5.74, 6) is 0. The third-order valence-corrected chi connectivity index (χ3v) is 2.91. The molecule has 0 saturated heterocycles. The molecule has 0 aliphatic rings. The molecule has 16 heavy (non-hydrogen) atoms. The number of aliphatic hydroxyl groups is 1. The second-order valence-electron chi connectivity index (χ2n) is 4.58. The second kappa shape index (κ2) is 5.46. The van der Waals surface area contributed by atoms with Crippen molar-refractivity contribution in [2.24, 2.45) is 7.05 Å². The van der Waals surface area contributed by atoms with Gasteiger partial charge in [0.05, 0.1) is 11.3 Å². The van der Waals surface area contributed by atoms with E-state index < -0.39 is 5.60 Å². The van der Waals surface area contributed by atoms with Gasteiger partial charge in [0.25, 0.3) is 0 Å². The Morgan fingerprint density at radius 2 is 2.19 bits per heavy atom. The molecule has 2 N–H and O–H groups in total. The summed E-state index contributed by atoms with van der Waals surface area (Å²) < 4.78 is 1.84. The first-order chi connectivity index (χ1) is 7.48. The minimum atomic E-state index is -0.616. The third kappa shape index (κ3) is 3.61. The Bertz CT molecular complexity index is 331. The minimum Gasteiger partial charge on any atom is -0.389 e. The zero-order valence-electron chi connectivity index (χ0n) is 10.7. The lowest BCUT2D eigenvalue weighted by Crippen LogP contribution is -2.36. The van der Waals surface area contributed by atoms with Crippen LogP contribution in [0.3, 0.4) is 0 Å². The van der Waals surface area contributed by atoms with E-state index in [9.17, 15) is 5.11 Å². The minimum absolute atomic E-state index is 0.613. The molecule has 0 radical (unpaired) electrons. The fourth-order valence-electron chi connectivity index (χ4n) is 1.62. The summed E-state index contributed by atoms with van der Waals surface area (Å²) in [5, 5.41) is 17.5. The predicted molar refractivity (Wildman–Crippen MR) is 65.2 cm³/mol. The van der Waals surface area contributed by atoms with E-state index in [2.05, 4.69) is 17.3 Å². The van der Waals surface area contributed by atoms with Crippen molar-refractivity contribution in [1.29, 1.82) is 0 Å². The van der Waals surface area contributed by atoms with Crippen LogP contribution in [0.1, 0.15) is 38.4 Å². The van der Waals surface area contributed by atoms with E-state index in [0.717, 1.165) is 25.1 Å². The maximum absolute atomic E-state index is 9.85. The largest absolute Gasteiger partial charge is 0.389 e. The Labute approximate surface area is 97.7 Å². The van der Waals surface area contributed by atoms with Gasteiger partial charge in [0.15, 0.2) is 0 Å². The molecule has 0 amide bonds. The van der Waals surface area contributed by atoms with Gasteiger partial charge in [0.2, 0.25) is 0 Å². The van der Waals surface area contributed by atoms with Crippen molar-refractivity contribution in [1.82, 2.24) is 15.1 Å². The zero-order valence-corrected chi connectivity index (χ0v) is 10.7. The summed E-state index contributed by atoms with van der Waals surface area (Å²) in [6.45, 7) is 7.33. The summed E-state index contributed by atoms with van der Waals surface area (Å²) in [4.78, 5) is 0. The standard InChI is InChI=1S/C12H23N3O/c1-5-11-10(8-15(4)14-11)7-13-9-12(3,16)6-2/h8,13,16H,5-7,9H2,1-4H3. The van der Waals surface area contributed by atoms with Gasteiger partial charge in [-0.3, -0.25) is 4.68 Å². The lowest BCUT2D eigenvalue weighted by Gasteiger charge is -2.21. The molecule has 1 heterocycles. The smallest absolute Gasteiger partial charge is 0.0741 e. The van der Waals surface area contributed by atoms with E-state index in [-0.39, 0.29) is 0 Å². The van der Waals surface area contributed by atoms with Crippen LogP contribution in [0.5, 0.6) is 0 Å². The van der Waals surface area contributed by atoms with Gasteiger partial charge in [0.1, 0.15) is 0 Å². The van der Waals surface area contributed by atoms with Crippen molar-refractivity contribution in [3.8, 4) is 0 Å². The molecule has 4 nitrogen and oxygen atoms in total. The van der Waals surface area contributed by atoms with Gasteiger partial charge in [-0.2, -0.15) is 5.10 Å². The maximum Gasteiger partial charge on any atom is 0.0741 e. The molecule has 1 unspecified atom stereocenters. The average Bonchev–Trinajstić information content (AvgIpc) is 2.59. The first-order valence-corrected chi connectivity index (χ1v) is 5.93. The molecule has 0 aliphatic carbocycles. The van der Waals surface area contributed by atoms with Crippen molar-refractivity contribution in [3.05, 3.63) is 17.5 Å². The first kappa shape index (κ1) is 13.2. The van der Waals surface area contributed by atoms with Crippen LogP contribution in [0.2, 0.25) is 0 Å². The number of aromatic nitrogens is 2. The molecular formula is C12H23N3O. The van der Waals surface area contributed by atoms with Gasteiger partial charge in [-0.05, 0) is 19.8 Å². The van der Waals surface area contributed by atoms with E-state index in [0.29, 0.717) is 6.54 Å². The molecule has 92 valence electrons. The summed E-state index contributed by atoms with van der Waals surface area (Å²) >= 11 is 0. The highest BCUT2D eigenvalue weighted by atomic mass is 16.3. The van der Waals surface area contributed by atoms with Crippen LogP contribution in [-0.2, 0) is 20.0 Å². The van der Waals surface area contributed by atoms with Gasteiger partial charge < -0.3 is 10.4 Å². The van der Waals surface area contributed by atoms with Gasteiger partial charge in [-0.1, -0.05) is 13.8 Å². The SMILES string of the molecule is CCc1nn(C)cc1CNCC(C)(O)CC. The zero-order chi connectivity index (χ0) is 12.2. The van der Waals surface area contributed by atoms with Crippen LogP contribution < -0.4 is 5.32 Å². The number of aryl methyl sites for hydroxylation is 2. The van der Waals surface area contributed by atoms with Gasteiger partial charge in [-0.15, -0.1) is 0 Å². The number of nitrogens with zero attached hydrogens (tertiary/aromatic N) is 2. The molecular weight excluding hydrogens is 202 g/mol. The molecule has 1 rings (SSSR count). The van der Waals surface area contributed by atoms with Crippen molar-refractivity contribution in [2.75, 3.05) is 6.54 Å². The normalized spacial score (nSPS) is 15.1. The molecule has 0 saturated carbocycles. The van der Waals surface area contributed by atoms with E-state index >= 15 is 0 Å². The van der Waals surface area contributed by atoms with Crippen molar-refractivity contribution in [3.63, 3.8) is 0 Å². The van der Waals surface area contributed by atoms with E-state index in [4.69, 9.17) is 0 Å². The van der Waals surface area contributed by atoms with Gasteiger partial charge in [0, 0.05) is 31.9 Å². The Kier molecular flexibility index (Phi) is 4.50. The van der Waals surface area contributed by atoms with Crippen molar-refractivity contribution < 1.29 is 5.11 Å². The lowest BCUT2D eigenvalue weighted by molar-refractivity contribution is 0.0555. The van der Waals surface area contributed by atoms with Gasteiger partial charge >= 0.3 is 0 Å². The van der Waals surface area contributed by atoms with Crippen LogP contribution in [0.25, 0.3) is 0 Å². The van der Waals surface area contributed by atoms with Gasteiger partial charge in [-0.25, -0.2) is 0 Å². The highest BCUT2D eigenvalue weighted by Gasteiger charge is 2.16. The summed E-state index contributed by atoms with van der Waals surface area (Å²) in [6, 6.07) is 0. The predicted octanol–water partition coefficient (Wildman–Crippen LogP) is 1.23. The topological polar surface area (TPSA) is 50.1 Å². The summed E-state index contributed by atoms with van der Waals surface area (Å²) in [6.07, 6.45) is 3.74. The Morgan fingerprint density at radius 1 is 1.50 bits per heavy atom. The quantitative estimate of drug-likeness (QED) is 0.765. The summed E-state index contributed by atoms with van der Waals surface area (Å²) in [7, 11) is 1.94. The van der Waals surface area contributed by atoms with Crippen molar-refractivity contribution >= 4 is 0 Å². The van der Waals surface area contributed by atoms with Crippen LogP contribution in [0, 0.1) is 0 Å². The van der Waals surface area contributed by atoms with Crippen molar-refractivity contribution in [2.45, 2.75) is 45.8 Å². The molecule has 0 aromatic carbocycles. The number of rotatable bonds is 6. The fraction of sp³-hybridized carbons (Fsp3) is 0.750.